The number of aromatic nitrogens is 4. The van der Waals surface area contributed by atoms with E-state index < -0.39 is 0 Å². The quantitative estimate of drug-likeness (QED) is 0.878. The Hall–Kier alpha value is -1.01. The molecule has 3 unspecified atom stereocenters. The summed E-state index contributed by atoms with van der Waals surface area (Å²) in [6, 6.07) is 0.552. The standard InChI is InChI=1S/C14H28N6/c1-6-11(3)12-8-20(14(4,7-2)10-15-12)9-13-16-18-19(5)17-13/h11-12,15H,6-10H2,1-5H3. The van der Waals surface area contributed by atoms with Crippen LogP contribution in [-0.2, 0) is 13.6 Å². The maximum Gasteiger partial charge on any atom is 0.188 e. The summed E-state index contributed by atoms with van der Waals surface area (Å²) in [6.07, 6.45) is 2.32. The number of nitrogens with zero attached hydrogens (tertiary/aromatic N) is 5. The lowest BCUT2D eigenvalue weighted by molar-refractivity contribution is 0.0273. The van der Waals surface area contributed by atoms with E-state index in [0.717, 1.165) is 31.9 Å². The highest BCUT2D eigenvalue weighted by atomic mass is 15.6. The highest BCUT2D eigenvalue weighted by Gasteiger charge is 2.38. The van der Waals surface area contributed by atoms with Gasteiger partial charge in [0.15, 0.2) is 5.82 Å². The first-order valence-electron chi connectivity index (χ1n) is 7.69. The van der Waals surface area contributed by atoms with Crippen LogP contribution in [0.1, 0.15) is 46.4 Å². The van der Waals surface area contributed by atoms with Crippen LogP contribution in [-0.4, -0.2) is 49.8 Å². The van der Waals surface area contributed by atoms with Crippen molar-refractivity contribution in [1.82, 2.24) is 30.4 Å². The molecule has 2 rings (SSSR count). The molecule has 1 aromatic heterocycles. The van der Waals surface area contributed by atoms with Crippen LogP contribution in [0, 0.1) is 5.92 Å². The van der Waals surface area contributed by atoms with Crippen LogP contribution in [0.2, 0.25) is 0 Å². The molecule has 0 saturated carbocycles. The Morgan fingerprint density at radius 2 is 2.20 bits per heavy atom. The maximum absolute atomic E-state index is 4.33. The monoisotopic (exact) mass is 280 g/mol. The molecule has 1 aliphatic heterocycles. The van der Waals surface area contributed by atoms with Gasteiger partial charge in [0.05, 0.1) is 13.6 Å². The lowest BCUT2D eigenvalue weighted by atomic mass is 9.88. The second-order valence-corrected chi connectivity index (χ2v) is 6.30. The van der Waals surface area contributed by atoms with Gasteiger partial charge in [-0.3, -0.25) is 4.90 Å². The van der Waals surface area contributed by atoms with E-state index in [2.05, 4.69) is 53.3 Å². The zero-order valence-corrected chi connectivity index (χ0v) is 13.4. The summed E-state index contributed by atoms with van der Waals surface area (Å²) in [6.45, 7) is 12.0. The second kappa shape index (κ2) is 6.18. The number of rotatable bonds is 5. The first-order valence-corrected chi connectivity index (χ1v) is 7.69. The van der Waals surface area contributed by atoms with Crippen molar-refractivity contribution in [2.75, 3.05) is 13.1 Å². The normalized spacial score (nSPS) is 29.6. The largest absolute Gasteiger partial charge is 0.311 e. The summed E-state index contributed by atoms with van der Waals surface area (Å²) in [7, 11) is 1.81. The predicted octanol–water partition coefficient (Wildman–Crippen LogP) is 1.20. The van der Waals surface area contributed by atoms with Crippen LogP contribution >= 0.6 is 0 Å². The van der Waals surface area contributed by atoms with Gasteiger partial charge in [0.2, 0.25) is 0 Å². The van der Waals surface area contributed by atoms with Gasteiger partial charge in [-0.1, -0.05) is 27.2 Å². The number of hydrogen-bond donors (Lipinski definition) is 1. The van der Waals surface area contributed by atoms with Gasteiger partial charge in [-0.2, -0.15) is 4.80 Å². The molecule has 1 aliphatic rings. The first-order chi connectivity index (χ1) is 9.48. The van der Waals surface area contributed by atoms with E-state index >= 15 is 0 Å². The molecule has 20 heavy (non-hydrogen) atoms. The summed E-state index contributed by atoms with van der Waals surface area (Å²) in [4.78, 5) is 4.06. The lowest BCUT2D eigenvalue weighted by Gasteiger charge is -2.48. The summed E-state index contributed by atoms with van der Waals surface area (Å²) >= 11 is 0. The Labute approximate surface area is 121 Å². The molecular weight excluding hydrogens is 252 g/mol. The van der Waals surface area contributed by atoms with Crippen LogP contribution in [0.15, 0.2) is 0 Å². The molecule has 114 valence electrons. The number of hydrogen-bond acceptors (Lipinski definition) is 5. The SMILES string of the molecule is CCC(C)C1CN(Cc2nnn(C)n2)C(C)(CC)CN1. The smallest absolute Gasteiger partial charge is 0.188 e. The van der Waals surface area contributed by atoms with Crippen molar-refractivity contribution in [1.29, 1.82) is 0 Å². The number of piperazine rings is 1. The average molecular weight is 280 g/mol. The molecule has 1 aromatic rings. The fraction of sp³-hybridized carbons (Fsp3) is 0.929. The van der Waals surface area contributed by atoms with Crippen molar-refractivity contribution in [2.45, 2.75) is 58.7 Å². The van der Waals surface area contributed by atoms with Crippen LogP contribution in [0.3, 0.4) is 0 Å². The maximum atomic E-state index is 4.33. The Morgan fingerprint density at radius 1 is 1.45 bits per heavy atom. The lowest BCUT2D eigenvalue weighted by Crippen LogP contribution is -2.64. The third kappa shape index (κ3) is 3.17. The molecule has 1 N–H and O–H groups in total. The van der Waals surface area contributed by atoms with Crippen molar-refractivity contribution in [2.24, 2.45) is 13.0 Å². The molecule has 0 bridgehead atoms. The minimum Gasteiger partial charge on any atom is -0.311 e. The van der Waals surface area contributed by atoms with Crippen molar-refractivity contribution >= 4 is 0 Å². The third-order valence-electron chi connectivity index (χ3n) is 4.90. The molecule has 6 heteroatoms. The molecular formula is C14H28N6. The molecule has 0 amide bonds. The van der Waals surface area contributed by atoms with Crippen molar-refractivity contribution < 1.29 is 0 Å². The van der Waals surface area contributed by atoms with Gasteiger partial charge in [-0.25, -0.2) is 0 Å². The molecule has 2 heterocycles. The van der Waals surface area contributed by atoms with Crippen LogP contribution < -0.4 is 5.32 Å². The number of aryl methyl sites for hydroxylation is 1. The van der Waals surface area contributed by atoms with Gasteiger partial charge in [0, 0.05) is 24.7 Å². The molecule has 0 aliphatic carbocycles. The Balaban J connectivity index is 2.11. The van der Waals surface area contributed by atoms with Gasteiger partial charge < -0.3 is 5.32 Å². The minimum atomic E-state index is 0.170. The Morgan fingerprint density at radius 3 is 2.75 bits per heavy atom. The highest BCUT2D eigenvalue weighted by molar-refractivity contribution is 4.98. The zero-order valence-electron chi connectivity index (χ0n) is 13.4. The van der Waals surface area contributed by atoms with E-state index in [1.165, 1.54) is 11.2 Å². The van der Waals surface area contributed by atoms with Gasteiger partial charge in [-0.15, -0.1) is 10.2 Å². The number of tetrazole rings is 1. The van der Waals surface area contributed by atoms with Crippen molar-refractivity contribution in [3.05, 3.63) is 5.82 Å². The van der Waals surface area contributed by atoms with Crippen molar-refractivity contribution in [3.63, 3.8) is 0 Å². The summed E-state index contributed by atoms with van der Waals surface area (Å²) in [5, 5.41) is 16.1. The van der Waals surface area contributed by atoms with Gasteiger partial charge >= 0.3 is 0 Å². The molecule has 1 saturated heterocycles. The Bertz CT molecular complexity index is 431. The molecule has 3 atom stereocenters. The van der Waals surface area contributed by atoms with E-state index in [0.29, 0.717) is 12.0 Å². The summed E-state index contributed by atoms with van der Waals surface area (Å²) in [5.74, 6) is 1.51. The van der Waals surface area contributed by atoms with Gasteiger partial charge in [0.1, 0.15) is 0 Å². The Kier molecular flexibility index (Phi) is 4.75. The average Bonchev–Trinajstić information content (AvgIpc) is 2.86. The minimum absolute atomic E-state index is 0.170. The molecule has 0 spiro atoms. The fourth-order valence-electron chi connectivity index (χ4n) is 2.81. The van der Waals surface area contributed by atoms with Crippen molar-refractivity contribution in [3.8, 4) is 0 Å². The van der Waals surface area contributed by atoms with E-state index in [4.69, 9.17) is 0 Å². The van der Waals surface area contributed by atoms with E-state index in [1.807, 2.05) is 7.05 Å². The molecule has 0 radical (unpaired) electrons. The molecule has 6 nitrogen and oxygen atoms in total. The van der Waals surface area contributed by atoms with E-state index in [9.17, 15) is 0 Å². The molecule has 1 fully saturated rings. The molecule has 0 aromatic carbocycles. The van der Waals surface area contributed by atoms with Crippen LogP contribution in [0.5, 0.6) is 0 Å². The third-order valence-corrected chi connectivity index (χ3v) is 4.90. The highest BCUT2D eigenvalue weighted by Crippen LogP contribution is 2.26. The predicted molar refractivity (Wildman–Crippen MR) is 79.1 cm³/mol. The fourth-order valence-corrected chi connectivity index (χ4v) is 2.81. The van der Waals surface area contributed by atoms with E-state index in [-0.39, 0.29) is 5.54 Å². The van der Waals surface area contributed by atoms with Crippen LogP contribution in [0.25, 0.3) is 0 Å². The summed E-state index contributed by atoms with van der Waals surface area (Å²) < 4.78 is 0. The first kappa shape index (κ1) is 15.4. The number of nitrogens with one attached hydrogen (secondary N) is 1. The summed E-state index contributed by atoms with van der Waals surface area (Å²) in [5.41, 5.74) is 0.170. The van der Waals surface area contributed by atoms with E-state index in [1.54, 1.807) is 0 Å². The topological polar surface area (TPSA) is 58.9 Å². The van der Waals surface area contributed by atoms with Gasteiger partial charge in [0.25, 0.3) is 0 Å². The van der Waals surface area contributed by atoms with Crippen LogP contribution in [0.4, 0.5) is 0 Å². The zero-order chi connectivity index (χ0) is 14.8. The van der Waals surface area contributed by atoms with Gasteiger partial charge in [-0.05, 0) is 24.5 Å². The second-order valence-electron chi connectivity index (χ2n) is 6.30.